The van der Waals surface area contributed by atoms with Crippen molar-refractivity contribution in [3.8, 4) is 0 Å². The lowest BCUT2D eigenvalue weighted by Crippen LogP contribution is -2.31. The largest absolute Gasteiger partial charge is 0.468 e. The molecule has 6 heteroatoms. The zero-order valence-corrected chi connectivity index (χ0v) is 7.83. The molecule has 1 aliphatic rings. The van der Waals surface area contributed by atoms with Crippen LogP contribution in [0.15, 0.2) is 0 Å². The zero-order valence-electron chi connectivity index (χ0n) is 7.83. The molecule has 1 saturated heterocycles. The molecule has 1 aliphatic heterocycles. The SMILES string of the molecule is COC(=O)[C@@H]1C[C@H](OCC(F)F)CN1. The maximum Gasteiger partial charge on any atom is 0.322 e. The van der Waals surface area contributed by atoms with Gasteiger partial charge in [-0.25, -0.2) is 8.78 Å². The second-order valence-electron chi connectivity index (χ2n) is 3.07. The first-order valence-corrected chi connectivity index (χ1v) is 4.34. The van der Waals surface area contributed by atoms with E-state index in [2.05, 4.69) is 10.1 Å². The van der Waals surface area contributed by atoms with Gasteiger partial charge in [0.1, 0.15) is 12.6 Å². The lowest BCUT2D eigenvalue weighted by molar-refractivity contribution is -0.142. The van der Waals surface area contributed by atoms with E-state index in [1.165, 1.54) is 7.11 Å². The van der Waals surface area contributed by atoms with Gasteiger partial charge in [-0.05, 0) is 0 Å². The van der Waals surface area contributed by atoms with Crippen molar-refractivity contribution < 1.29 is 23.0 Å². The van der Waals surface area contributed by atoms with E-state index in [-0.39, 0.29) is 12.1 Å². The van der Waals surface area contributed by atoms with E-state index in [4.69, 9.17) is 4.74 Å². The number of hydrogen-bond donors (Lipinski definition) is 1. The van der Waals surface area contributed by atoms with E-state index in [0.29, 0.717) is 13.0 Å². The Labute approximate surface area is 80.6 Å². The summed E-state index contributed by atoms with van der Waals surface area (Å²) in [4.78, 5) is 11.0. The fourth-order valence-electron chi connectivity index (χ4n) is 1.36. The van der Waals surface area contributed by atoms with Gasteiger partial charge in [-0.1, -0.05) is 0 Å². The molecule has 0 bridgehead atoms. The van der Waals surface area contributed by atoms with Crippen LogP contribution in [-0.4, -0.2) is 44.8 Å². The molecule has 0 aromatic rings. The molecule has 0 spiro atoms. The number of methoxy groups -OCH3 is 1. The first-order chi connectivity index (χ1) is 6.63. The van der Waals surface area contributed by atoms with Crippen LogP contribution in [0.3, 0.4) is 0 Å². The minimum Gasteiger partial charge on any atom is -0.468 e. The van der Waals surface area contributed by atoms with E-state index in [9.17, 15) is 13.6 Å². The normalized spacial score (nSPS) is 26.9. The Morgan fingerprint density at radius 1 is 1.64 bits per heavy atom. The third kappa shape index (κ3) is 3.19. The van der Waals surface area contributed by atoms with Crippen LogP contribution in [0.25, 0.3) is 0 Å². The Hall–Kier alpha value is -0.750. The van der Waals surface area contributed by atoms with E-state index in [1.807, 2.05) is 0 Å². The summed E-state index contributed by atoms with van der Waals surface area (Å²) in [7, 11) is 1.29. The fourth-order valence-corrected chi connectivity index (χ4v) is 1.36. The molecule has 0 saturated carbocycles. The second kappa shape index (κ2) is 5.21. The maximum absolute atomic E-state index is 11.8. The number of nitrogens with one attached hydrogen (secondary N) is 1. The minimum absolute atomic E-state index is 0.326. The number of carbonyl (C=O) groups is 1. The summed E-state index contributed by atoms with van der Waals surface area (Å²) in [5.74, 6) is -0.381. The molecule has 0 radical (unpaired) electrons. The van der Waals surface area contributed by atoms with E-state index >= 15 is 0 Å². The van der Waals surface area contributed by atoms with Crippen molar-refractivity contribution in [1.82, 2.24) is 5.32 Å². The van der Waals surface area contributed by atoms with E-state index < -0.39 is 19.1 Å². The molecule has 4 nitrogen and oxygen atoms in total. The monoisotopic (exact) mass is 209 g/mol. The molecular weight excluding hydrogens is 196 g/mol. The lowest BCUT2D eigenvalue weighted by atomic mass is 10.2. The summed E-state index contributed by atoms with van der Waals surface area (Å²) in [6.07, 6.45) is -2.40. The molecule has 0 aliphatic carbocycles. The van der Waals surface area contributed by atoms with E-state index in [1.54, 1.807) is 0 Å². The topological polar surface area (TPSA) is 47.6 Å². The van der Waals surface area contributed by atoms with Gasteiger partial charge in [0, 0.05) is 13.0 Å². The minimum atomic E-state index is -2.47. The zero-order chi connectivity index (χ0) is 10.6. The molecule has 2 atom stereocenters. The first kappa shape index (κ1) is 11.3. The van der Waals surface area contributed by atoms with Gasteiger partial charge in [0.15, 0.2) is 0 Å². The third-order valence-corrected chi connectivity index (χ3v) is 2.03. The van der Waals surface area contributed by atoms with Crippen molar-refractivity contribution in [3.05, 3.63) is 0 Å². The summed E-state index contributed by atoms with van der Waals surface area (Å²) >= 11 is 0. The van der Waals surface area contributed by atoms with Gasteiger partial charge in [0.2, 0.25) is 0 Å². The number of rotatable bonds is 4. The van der Waals surface area contributed by atoms with Crippen LogP contribution in [-0.2, 0) is 14.3 Å². The van der Waals surface area contributed by atoms with Gasteiger partial charge in [0.05, 0.1) is 13.2 Å². The van der Waals surface area contributed by atoms with E-state index in [0.717, 1.165) is 0 Å². The summed E-state index contributed by atoms with van der Waals surface area (Å²) in [5, 5.41) is 2.84. The van der Waals surface area contributed by atoms with Crippen LogP contribution in [0.5, 0.6) is 0 Å². The van der Waals surface area contributed by atoms with Crippen molar-refractivity contribution in [3.63, 3.8) is 0 Å². The van der Waals surface area contributed by atoms with Gasteiger partial charge in [-0.3, -0.25) is 4.79 Å². The molecule has 0 aromatic heterocycles. The predicted octanol–water partition coefficient (Wildman–Crippen LogP) is 0.172. The number of esters is 1. The molecule has 1 fully saturated rings. The number of halogens is 2. The average Bonchev–Trinajstić information content (AvgIpc) is 2.62. The predicted molar refractivity (Wildman–Crippen MR) is 44.2 cm³/mol. The highest BCUT2D eigenvalue weighted by atomic mass is 19.3. The molecule has 0 aromatic carbocycles. The van der Waals surface area contributed by atoms with Crippen molar-refractivity contribution in [2.24, 2.45) is 0 Å². The standard InChI is InChI=1S/C8H13F2NO3/c1-13-8(12)6-2-5(3-11-6)14-4-7(9)10/h5-7,11H,2-4H2,1H3/t5-,6-/m0/s1. The number of carbonyl (C=O) groups excluding carboxylic acids is 1. The number of hydrogen-bond acceptors (Lipinski definition) is 4. The molecule has 14 heavy (non-hydrogen) atoms. The maximum atomic E-state index is 11.8. The van der Waals surface area contributed by atoms with Gasteiger partial charge in [-0.15, -0.1) is 0 Å². The van der Waals surface area contributed by atoms with Crippen LogP contribution in [0, 0.1) is 0 Å². The van der Waals surface area contributed by atoms with Gasteiger partial charge >= 0.3 is 5.97 Å². The quantitative estimate of drug-likeness (QED) is 0.670. The average molecular weight is 209 g/mol. The van der Waals surface area contributed by atoms with Crippen LogP contribution >= 0.6 is 0 Å². The van der Waals surface area contributed by atoms with Crippen LogP contribution in [0.4, 0.5) is 8.78 Å². The van der Waals surface area contributed by atoms with Crippen molar-refractivity contribution >= 4 is 5.97 Å². The summed E-state index contributed by atoms with van der Waals surface area (Å²) in [6.45, 7) is -0.174. The van der Waals surface area contributed by atoms with Crippen molar-refractivity contribution in [1.29, 1.82) is 0 Å². The van der Waals surface area contributed by atoms with Crippen molar-refractivity contribution in [2.45, 2.75) is 25.0 Å². The Morgan fingerprint density at radius 2 is 2.36 bits per heavy atom. The van der Waals surface area contributed by atoms with Gasteiger partial charge < -0.3 is 14.8 Å². The molecule has 1 N–H and O–H groups in total. The Bertz CT molecular complexity index is 201. The molecule has 0 amide bonds. The molecule has 0 unspecified atom stereocenters. The fraction of sp³-hybridized carbons (Fsp3) is 0.875. The highest BCUT2D eigenvalue weighted by Crippen LogP contribution is 2.12. The highest BCUT2D eigenvalue weighted by molar-refractivity contribution is 5.76. The van der Waals surface area contributed by atoms with Crippen LogP contribution in [0.2, 0.25) is 0 Å². The Kier molecular flexibility index (Phi) is 4.21. The smallest absolute Gasteiger partial charge is 0.322 e. The van der Waals surface area contributed by atoms with Crippen molar-refractivity contribution in [2.75, 3.05) is 20.3 Å². The van der Waals surface area contributed by atoms with Crippen LogP contribution in [0.1, 0.15) is 6.42 Å². The lowest BCUT2D eigenvalue weighted by Gasteiger charge is -2.09. The molecule has 82 valence electrons. The van der Waals surface area contributed by atoms with Gasteiger partial charge in [0.25, 0.3) is 6.43 Å². The molecule has 1 heterocycles. The summed E-state index contributed by atoms with van der Waals surface area (Å²) in [6, 6.07) is -0.428. The third-order valence-electron chi connectivity index (χ3n) is 2.03. The molecule has 1 rings (SSSR count). The Morgan fingerprint density at radius 3 is 2.93 bits per heavy atom. The van der Waals surface area contributed by atoms with Gasteiger partial charge in [-0.2, -0.15) is 0 Å². The number of ether oxygens (including phenoxy) is 2. The summed E-state index contributed by atoms with van der Waals surface area (Å²) in [5.41, 5.74) is 0. The molecular formula is C8H13F2NO3. The highest BCUT2D eigenvalue weighted by Gasteiger charge is 2.30. The van der Waals surface area contributed by atoms with Crippen LogP contribution < -0.4 is 5.32 Å². The first-order valence-electron chi connectivity index (χ1n) is 4.34. The second-order valence-corrected chi connectivity index (χ2v) is 3.07. The Balaban J connectivity index is 2.23. The summed E-state index contributed by atoms with van der Waals surface area (Å²) < 4.78 is 32.9. The number of alkyl halides is 2.